The maximum absolute atomic E-state index is 4.43. The highest BCUT2D eigenvalue weighted by molar-refractivity contribution is 9.10. The molecule has 0 aromatic carbocycles. The molecule has 0 spiro atoms. The molecular weight excluding hydrogens is 270 g/mol. The highest BCUT2D eigenvalue weighted by Gasteiger charge is 2.11. The lowest BCUT2D eigenvalue weighted by Gasteiger charge is -2.08. The van der Waals surface area contributed by atoms with Crippen LogP contribution in [0.2, 0.25) is 0 Å². The Morgan fingerprint density at radius 3 is 2.69 bits per heavy atom. The Bertz CT molecular complexity index is 520. The first-order valence-electron chi connectivity index (χ1n) is 4.82. The van der Waals surface area contributed by atoms with Crippen molar-refractivity contribution in [3.05, 3.63) is 22.7 Å². The summed E-state index contributed by atoms with van der Waals surface area (Å²) in [5.74, 6) is 1.45. The Labute approximate surface area is 102 Å². The summed E-state index contributed by atoms with van der Waals surface area (Å²) in [6.07, 6.45) is 3.48. The predicted molar refractivity (Wildman–Crippen MR) is 66.2 cm³/mol. The molecule has 2 heterocycles. The van der Waals surface area contributed by atoms with E-state index in [0.717, 1.165) is 21.7 Å². The Balaban J connectivity index is 2.59. The lowest BCUT2D eigenvalue weighted by Crippen LogP contribution is -2.02. The van der Waals surface area contributed by atoms with Crippen LogP contribution in [0, 0.1) is 6.92 Å². The topological polar surface area (TPSA) is 55.6 Å². The molecule has 0 unspecified atom stereocenters. The lowest BCUT2D eigenvalue weighted by molar-refractivity contribution is 0.905. The van der Waals surface area contributed by atoms with E-state index in [1.165, 1.54) is 0 Å². The second-order valence-electron chi connectivity index (χ2n) is 3.43. The van der Waals surface area contributed by atoms with E-state index >= 15 is 0 Å². The van der Waals surface area contributed by atoms with Crippen molar-refractivity contribution >= 4 is 21.7 Å². The minimum Gasteiger partial charge on any atom is -0.372 e. The zero-order valence-corrected chi connectivity index (χ0v) is 10.9. The van der Waals surface area contributed by atoms with Gasteiger partial charge in [-0.3, -0.25) is 0 Å². The molecule has 0 bridgehead atoms. The Hall–Kier alpha value is -1.43. The van der Waals surface area contributed by atoms with Gasteiger partial charge in [-0.2, -0.15) is 0 Å². The molecule has 0 saturated carbocycles. The fourth-order valence-electron chi connectivity index (χ4n) is 1.41. The van der Waals surface area contributed by atoms with Crippen LogP contribution in [-0.4, -0.2) is 26.6 Å². The van der Waals surface area contributed by atoms with E-state index in [2.05, 4.69) is 36.2 Å². The van der Waals surface area contributed by atoms with E-state index in [9.17, 15) is 0 Å². The molecule has 0 saturated heterocycles. The Morgan fingerprint density at radius 2 is 2.12 bits per heavy atom. The second kappa shape index (κ2) is 4.21. The average Bonchev–Trinajstić information content (AvgIpc) is 2.68. The normalized spacial score (nSPS) is 10.5. The zero-order chi connectivity index (χ0) is 11.7. The number of hydrogen-bond donors (Lipinski definition) is 1. The minimum absolute atomic E-state index is 0.671. The largest absolute Gasteiger partial charge is 0.372 e. The number of imidazole rings is 1. The first-order valence-corrected chi connectivity index (χ1v) is 5.61. The van der Waals surface area contributed by atoms with Gasteiger partial charge in [0.15, 0.2) is 5.82 Å². The summed E-state index contributed by atoms with van der Waals surface area (Å²) in [5, 5.41) is 3.03. The molecule has 0 amide bonds. The van der Waals surface area contributed by atoms with Crippen LogP contribution < -0.4 is 5.32 Å². The van der Waals surface area contributed by atoms with Gasteiger partial charge in [0.25, 0.3) is 0 Å². The third-order valence-electron chi connectivity index (χ3n) is 2.30. The number of hydrogen-bond acceptors (Lipinski definition) is 4. The number of halogens is 1. The van der Waals surface area contributed by atoms with Gasteiger partial charge >= 0.3 is 0 Å². The van der Waals surface area contributed by atoms with Crippen molar-refractivity contribution < 1.29 is 0 Å². The van der Waals surface area contributed by atoms with Gasteiger partial charge in [-0.25, -0.2) is 15.0 Å². The number of aryl methyl sites for hydroxylation is 2. The molecule has 0 fully saturated rings. The summed E-state index contributed by atoms with van der Waals surface area (Å²) >= 11 is 3.45. The molecule has 0 aliphatic heterocycles. The van der Waals surface area contributed by atoms with Crippen molar-refractivity contribution in [2.45, 2.75) is 6.92 Å². The summed E-state index contributed by atoms with van der Waals surface area (Å²) in [7, 11) is 3.75. The van der Waals surface area contributed by atoms with Crippen LogP contribution in [0.3, 0.4) is 0 Å². The van der Waals surface area contributed by atoms with Crippen LogP contribution in [-0.2, 0) is 7.05 Å². The second-order valence-corrected chi connectivity index (χ2v) is 4.23. The predicted octanol–water partition coefficient (Wildman–Crippen LogP) is 1.99. The minimum atomic E-state index is 0.671. The van der Waals surface area contributed by atoms with Crippen LogP contribution >= 0.6 is 15.9 Å². The van der Waals surface area contributed by atoms with Crippen molar-refractivity contribution in [2.24, 2.45) is 7.05 Å². The molecule has 0 aliphatic carbocycles. The highest BCUT2D eigenvalue weighted by atomic mass is 79.9. The molecule has 2 rings (SSSR count). The van der Waals surface area contributed by atoms with Crippen LogP contribution in [0.5, 0.6) is 0 Å². The first kappa shape index (κ1) is 11.1. The first-order chi connectivity index (χ1) is 7.63. The Morgan fingerprint density at radius 1 is 1.38 bits per heavy atom. The van der Waals surface area contributed by atoms with Gasteiger partial charge in [-0.05, 0) is 22.9 Å². The lowest BCUT2D eigenvalue weighted by atomic mass is 10.3. The van der Waals surface area contributed by atoms with Gasteiger partial charge in [0.1, 0.15) is 11.5 Å². The summed E-state index contributed by atoms with van der Waals surface area (Å²) in [6, 6.07) is 0. The number of anilines is 1. The van der Waals surface area contributed by atoms with Crippen LogP contribution in [0.1, 0.15) is 5.69 Å². The number of nitrogens with zero attached hydrogens (tertiary/aromatic N) is 4. The highest BCUT2D eigenvalue weighted by Crippen LogP contribution is 2.25. The van der Waals surface area contributed by atoms with E-state index in [1.807, 2.05) is 25.6 Å². The van der Waals surface area contributed by atoms with Gasteiger partial charge in [0, 0.05) is 14.1 Å². The number of rotatable bonds is 2. The van der Waals surface area contributed by atoms with Crippen molar-refractivity contribution in [3.63, 3.8) is 0 Å². The Kier molecular flexibility index (Phi) is 2.91. The molecule has 0 aliphatic rings. The van der Waals surface area contributed by atoms with Gasteiger partial charge in [0.2, 0.25) is 0 Å². The molecule has 1 N–H and O–H groups in total. The smallest absolute Gasteiger partial charge is 0.180 e. The van der Waals surface area contributed by atoms with Crippen molar-refractivity contribution in [2.75, 3.05) is 12.4 Å². The zero-order valence-electron chi connectivity index (χ0n) is 9.32. The van der Waals surface area contributed by atoms with Gasteiger partial charge in [0.05, 0.1) is 22.7 Å². The number of aromatic nitrogens is 4. The molecule has 0 atom stereocenters. The molecule has 5 nitrogen and oxygen atoms in total. The molecule has 0 radical (unpaired) electrons. The standard InChI is InChI=1S/C10H12BrN5/c1-6-8(11)10(12-2)15-9(14-6)7-4-13-5-16(7)3/h4-5H,1-3H3,(H,12,14,15). The van der Waals surface area contributed by atoms with Crippen LogP contribution in [0.15, 0.2) is 17.0 Å². The molecular formula is C10H12BrN5. The van der Waals surface area contributed by atoms with E-state index in [-0.39, 0.29) is 0 Å². The summed E-state index contributed by atoms with van der Waals surface area (Å²) in [5.41, 5.74) is 1.79. The van der Waals surface area contributed by atoms with Gasteiger partial charge in [-0.1, -0.05) is 0 Å². The average molecular weight is 282 g/mol. The molecule has 84 valence electrons. The fraction of sp³-hybridized carbons (Fsp3) is 0.300. The fourth-order valence-corrected chi connectivity index (χ4v) is 1.79. The van der Waals surface area contributed by atoms with Gasteiger partial charge in [-0.15, -0.1) is 0 Å². The number of nitrogens with one attached hydrogen (secondary N) is 1. The van der Waals surface area contributed by atoms with E-state index in [1.54, 1.807) is 12.5 Å². The van der Waals surface area contributed by atoms with Crippen molar-refractivity contribution in [1.29, 1.82) is 0 Å². The maximum atomic E-state index is 4.43. The van der Waals surface area contributed by atoms with Crippen molar-refractivity contribution in [3.8, 4) is 11.5 Å². The van der Waals surface area contributed by atoms with E-state index in [0.29, 0.717) is 5.82 Å². The molecule has 6 heteroatoms. The van der Waals surface area contributed by atoms with E-state index in [4.69, 9.17) is 0 Å². The monoisotopic (exact) mass is 281 g/mol. The maximum Gasteiger partial charge on any atom is 0.180 e. The third kappa shape index (κ3) is 1.80. The van der Waals surface area contributed by atoms with Crippen molar-refractivity contribution in [1.82, 2.24) is 19.5 Å². The third-order valence-corrected chi connectivity index (χ3v) is 3.25. The summed E-state index contributed by atoms with van der Waals surface area (Å²) in [4.78, 5) is 12.9. The van der Waals surface area contributed by atoms with E-state index < -0.39 is 0 Å². The molecule has 16 heavy (non-hydrogen) atoms. The quantitative estimate of drug-likeness (QED) is 0.915. The molecule has 2 aromatic rings. The van der Waals surface area contributed by atoms with Crippen LogP contribution in [0.25, 0.3) is 11.5 Å². The summed E-state index contributed by atoms with van der Waals surface area (Å²) < 4.78 is 2.78. The van der Waals surface area contributed by atoms with Gasteiger partial charge < -0.3 is 9.88 Å². The summed E-state index contributed by atoms with van der Waals surface area (Å²) in [6.45, 7) is 1.94. The van der Waals surface area contributed by atoms with Crippen LogP contribution in [0.4, 0.5) is 5.82 Å². The molecule has 2 aromatic heterocycles. The SMILES string of the molecule is CNc1nc(-c2cncn2C)nc(C)c1Br.